The van der Waals surface area contributed by atoms with Crippen LogP contribution in [0.3, 0.4) is 0 Å². The van der Waals surface area contributed by atoms with Crippen molar-refractivity contribution in [1.82, 2.24) is 4.90 Å². The molecule has 1 atom stereocenters. The van der Waals surface area contributed by atoms with Crippen molar-refractivity contribution < 1.29 is 18.0 Å². The molecule has 1 fully saturated rings. The average molecular weight is 258 g/mol. The van der Waals surface area contributed by atoms with Crippen LogP contribution < -0.4 is 5.73 Å². The number of benzene rings is 1. The summed E-state index contributed by atoms with van der Waals surface area (Å²) < 4.78 is 37.3. The molecule has 0 radical (unpaired) electrons. The van der Waals surface area contributed by atoms with E-state index in [4.69, 9.17) is 5.73 Å². The van der Waals surface area contributed by atoms with E-state index in [9.17, 15) is 18.0 Å². The lowest BCUT2D eigenvalue weighted by Crippen LogP contribution is -2.35. The van der Waals surface area contributed by atoms with Crippen molar-refractivity contribution in [3.63, 3.8) is 0 Å². The van der Waals surface area contributed by atoms with E-state index in [-0.39, 0.29) is 6.04 Å². The van der Waals surface area contributed by atoms with E-state index in [0.29, 0.717) is 12.1 Å². The molecule has 0 bridgehead atoms. The van der Waals surface area contributed by atoms with Crippen LogP contribution >= 0.6 is 0 Å². The molecule has 2 rings (SSSR count). The second kappa shape index (κ2) is 4.51. The van der Waals surface area contributed by atoms with Crippen LogP contribution in [0, 0.1) is 0 Å². The Balaban J connectivity index is 2.22. The molecule has 1 aliphatic heterocycles. The van der Waals surface area contributed by atoms with Crippen molar-refractivity contribution in [2.24, 2.45) is 5.73 Å². The molecule has 0 saturated carbocycles. The lowest BCUT2D eigenvalue weighted by atomic mass is 10.0. The zero-order valence-corrected chi connectivity index (χ0v) is 9.57. The molecule has 1 aromatic carbocycles. The minimum Gasteiger partial charge on any atom is -0.351 e. The van der Waals surface area contributed by atoms with Gasteiger partial charge in [-0.15, -0.1) is 0 Å². The van der Waals surface area contributed by atoms with E-state index in [0.717, 1.165) is 25.0 Å². The molecule has 2 amide bonds. The van der Waals surface area contributed by atoms with Crippen LogP contribution in [0.4, 0.5) is 18.0 Å². The Morgan fingerprint density at radius 1 is 1.28 bits per heavy atom. The van der Waals surface area contributed by atoms with Crippen LogP contribution in [-0.2, 0) is 6.18 Å². The molecule has 1 aromatic rings. The number of nitrogens with zero attached hydrogens (tertiary/aromatic N) is 1. The third-order valence-corrected chi connectivity index (χ3v) is 3.16. The maximum absolute atomic E-state index is 12.4. The Kier molecular flexibility index (Phi) is 3.19. The van der Waals surface area contributed by atoms with Crippen molar-refractivity contribution in [3.8, 4) is 0 Å². The SMILES string of the molecule is NC(=O)N1CCCC1c1ccc(C(F)(F)F)cc1. The first-order valence-electron chi connectivity index (χ1n) is 5.63. The van der Waals surface area contributed by atoms with Gasteiger partial charge in [0.2, 0.25) is 0 Å². The number of rotatable bonds is 1. The van der Waals surface area contributed by atoms with Gasteiger partial charge in [-0.2, -0.15) is 13.2 Å². The highest BCUT2D eigenvalue weighted by molar-refractivity contribution is 5.73. The number of likely N-dealkylation sites (tertiary alicyclic amines) is 1. The van der Waals surface area contributed by atoms with Gasteiger partial charge in [0.05, 0.1) is 11.6 Å². The third-order valence-electron chi connectivity index (χ3n) is 3.16. The van der Waals surface area contributed by atoms with Crippen molar-refractivity contribution in [2.45, 2.75) is 25.1 Å². The first-order valence-corrected chi connectivity index (χ1v) is 5.63. The lowest BCUT2D eigenvalue weighted by Gasteiger charge is -2.23. The largest absolute Gasteiger partial charge is 0.416 e. The van der Waals surface area contributed by atoms with Gasteiger partial charge in [-0.05, 0) is 30.5 Å². The average Bonchev–Trinajstić information content (AvgIpc) is 2.77. The number of halogens is 3. The zero-order chi connectivity index (χ0) is 13.3. The Labute approximate surface area is 102 Å². The second-order valence-corrected chi connectivity index (χ2v) is 4.31. The second-order valence-electron chi connectivity index (χ2n) is 4.31. The van der Waals surface area contributed by atoms with E-state index >= 15 is 0 Å². The Morgan fingerprint density at radius 2 is 1.89 bits per heavy atom. The lowest BCUT2D eigenvalue weighted by molar-refractivity contribution is -0.137. The van der Waals surface area contributed by atoms with Crippen molar-refractivity contribution >= 4 is 6.03 Å². The summed E-state index contributed by atoms with van der Waals surface area (Å²) in [6.07, 6.45) is -2.79. The smallest absolute Gasteiger partial charge is 0.351 e. The molecule has 1 unspecified atom stereocenters. The summed E-state index contributed by atoms with van der Waals surface area (Å²) in [5, 5.41) is 0. The highest BCUT2D eigenvalue weighted by Crippen LogP contribution is 2.34. The van der Waals surface area contributed by atoms with E-state index in [1.165, 1.54) is 17.0 Å². The number of alkyl halides is 3. The predicted molar refractivity (Wildman–Crippen MR) is 59.7 cm³/mol. The molecule has 1 aliphatic rings. The molecule has 0 spiro atoms. The summed E-state index contributed by atoms with van der Waals surface area (Å²) in [4.78, 5) is 12.7. The summed E-state index contributed by atoms with van der Waals surface area (Å²) in [5.41, 5.74) is 5.24. The minimum absolute atomic E-state index is 0.204. The van der Waals surface area contributed by atoms with Gasteiger partial charge in [0.15, 0.2) is 0 Å². The summed E-state index contributed by atoms with van der Waals surface area (Å²) in [7, 11) is 0. The molecule has 2 N–H and O–H groups in total. The molecule has 1 saturated heterocycles. The number of carbonyl (C=O) groups is 1. The third kappa shape index (κ3) is 2.42. The summed E-state index contributed by atoms with van der Waals surface area (Å²) in [5.74, 6) is 0. The molecule has 18 heavy (non-hydrogen) atoms. The number of hydrogen-bond donors (Lipinski definition) is 1. The fraction of sp³-hybridized carbons (Fsp3) is 0.417. The van der Waals surface area contributed by atoms with Gasteiger partial charge in [0, 0.05) is 6.54 Å². The Hall–Kier alpha value is -1.72. The van der Waals surface area contributed by atoms with Crippen LogP contribution in [0.1, 0.15) is 30.0 Å². The molecular weight excluding hydrogens is 245 g/mol. The van der Waals surface area contributed by atoms with Crippen LogP contribution in [-0.4, -0.2) is 17.5 Å². The number of hydrogen-bond acceptors (Lipinski definition) is 1. The number of primary amides is 1. The Morgan fingerprint density at radius 3 is 2.39 bits per heavy atom. The van der Waals surface area contributed by atoms with Crippen LogP contribution in [0.5, 0.6) is 0 Å². The maximum Gasteiger partial charge on any atom is 0.416 e. The zero-order valence-electron chi connectivity index (χ0n) is 9.57. The quantitative estimate of drug-likeness (QED) is 0.827. The van der Waals surface area contributed by atoms with Crippen molar-refractivity contribution in [3.05, 3.63) is 35.4 Å². The van der Waals surface area contributed by atoms with Gasteiger partial charge in [0.25, 0.3) is 0 Å². The standard InChI is InChI=1S/C12H13F3N2O/c13-12(14,15)9-5-3-8(4-6-9)10-2-1-7-17(10)11(16)18/h3-6,10H,1-2,7H2,(H2,16,18). The van der Waals surface area contributed by atoms with Gasteiger partial charge in [0.1, 0.15) is 0 Å². The van der Waals surface area contributed by atoms with Crippen LogP contribution in [0.25, 0.3) is 0 Å². The summed E-state index contributed by atoms with van der Waals surface area (Å²) >= 11 is 0. The predicted octanol–water partition coefficient (Wildman–Crippen LogP) is 2.92. The van der Waals surface area contributed by atoms with Crippen molar-refractivity contribution in [1.29, 1.82) is 0 Å². The van der Waals surface area contributed by atoms with Crippen LogP contribution in [0.2, 0.25) is 0 Å². The first-order chi connectivity index (χ1) is 8.39. The van der Waals surface area contributed by atoms with E-state index < -0.39 is 17.8 Å². The minimum atomic E-state index is -4.34. The number of urea groups is 1. The molecular formula is C12H13F3N2O. The van der Waals surface area contributed by atoms with Gasteiger partial charge in [-0.3, -0.25) is 0 Å². The highest BCUT2D eigenvalue weighted by Gasteiger charge is 2.32. The monoisotopic (exact) mass is 258 g/mol. The van der Waals surface area contributed by atoms with E-state index in [2.05, 4.69) is 0 Å². The van der Waals surface area contributed by atoms with Gasteiger partial charge in [-0.1, -0.05) is 12.1 Å². The van der Waals surface area contributed by atoms with Gasteiger partial charge in [-0.25, -0.2) is 4.79 Å². The van der Waals surface area contributed by atoms with Gasteiger partial charge < -0.3 is 10.6 Å². The van der Waals surface area contributed by atoms with E-state index in [1.54, 1.807) is 0 Å². The normalized spacial score (nSPS) is 20.2. The molecule has 0 aliphatic carbocycles. The van der Waals surface area contributed by atoms with Crippen LogP contribution in [0.15, 0.2) is 24.3 Å². The maximum atomic E-state index is 12.4. The fourth-order valence-electron chi connectivity index (χ4n) is 2.27. The highest BCUT2D eigenvalue weighted by atomic mass is 19.4. The fourth-order valence-corrected chi connectivity index (χ4v) is 2.27. The molecule has 98 valence electrons. The molecule has 3 nitrogen and oxygen atoms in total. The van der Waals surface area contributed by atoms with E-state index in [1.807, 2.05) is 0 Å². The summed E-state index contributed by atoms with van der Waals surface area (Å²) in [6.45, 7) is 0.557. The van der Waals surface area contributed by atoms with Gasteiger partial charge >= 0.3 is 12.2 Å². The number of carbonyl (C=O) groups excluding carboxylic acids is 1. The number of nitrogens with two attached hydrogens (primary N) is 1. The topological polar surface area (TPSA) is 46.3 Å². The molecule has 6 heteroatoms. The molecule has 1 heterocycles. The number of amides is 2. The summed E-state index contributed by atoms with van der Waals surface area (Å²) in [6, 6.07) is 4.16. The van der Waals surface area contributed by atoms with Crippen molar-refractivity contribution in [2.75, 3.05) is 6.54 Å². The molecule has 0 aromatic heterocycles. The first kappa shape index (κ1) is 12.7. The Bertz CT molecular complexity index is 442.